The fourth-order valence-electron chi connectivity index (χ4n) is 4.19. The molecule has 2 aliphatic heterocycles. The number of nitrogens with zero attached hydrogens (tertiary/aromatic N) is 2. The van der Waals surface area contributed by atoms with Crippen LogP contribution in [0.25, 0.3) is 0 Å². The second-order valence-electron chi connectivity index (χ2n) is 7.00. The lowest BCUT2D eigenvalue weighted by molar-refractivity contribution is -0.0601. The smallest absolute Gasteiger partial charge is 0.254 e. The molecule has 2 fully saturated rings. The molecule has 0 spiro atoms. The van der Waals surface area contributed by atoms with Gasteiger partial charge in [0.25, 0.3) is 5.91 Å². The summed E-state index contributed by atoms with van der Waals surface area (Å²) < 4.78 is 5.21. The van der Waals surface area contributed by atoms with E-state index in [9.17, 15) is 9.90 Å². The third-order valence-electron chi connectivity index (χ3n) is 5.65. The lowest BCUT2D eigenvalue weighted by atomic mass is 9.69. The Balaban J connectivity index is 1.81. The highest BCUT2D eigenvalue weighted by Crippen LogP contribution is 2.41. The summed E-state index contributed by atoms with van der Waals surface area (Å²) >= 11 is 6.10. The van der Waals surface area contributed by atoms with E-state index in [0.29, 0.717) is 29.4 Å². The number of halogens is 1. The Morgan fingerprint density at radius 1 is 1.38 bits per heavy atom. The number of fused-ring (bicyclic) bond motifs is 1. The monoisotopic (exact) mass is 352 g/mol. The van der Waals surface area contributed by atoms with Crippen molar-refractivity contribution < 1.29 is 14.6 Å². The summed E-state index contributed by atoms with van der Waals surface area (Å²) in [7, 11) is 3.65. The maximum Gasteiger partial charge on any atom is 0.254 e. The molecule has 2 aliphatic rings. The minimum atomic E-state index is -0.0736. The number of rotatable bonds is 3. The molecule has 2 heterocycles. The van der Waals surface area contributed by atoms with Crippen LogP contribution in [0.3, 0.4) is 0 Å². The number of benzene rings is 1. The molecule has 1 aromatic rings. The van der Waals surface area contributed by atoms with Crippen molar-refractivity contribution in [2.75, 3.05) is 40.4 Å². The van der Waals surface area contributed by atoms with Gasteiger partial charge in [0.15, 0.2) is 0 Å². The van der Waals surface area contributed by atoms with E-state index in [2.05, 4.69) is 11.9 Å². The molecule has 1 aromatic carbocycles. The van der Waals surface area contributed by atoms with E-state index in [1.165, 1.54) is 0 Å². The first-order chi connectivity index (χ1) is 11.5. The van der Waals surface area contributed by atoms with Crippen LogP contribution in [0.1, 0.15) is 29.6 Å². The average molecular weight is 353 g/mol. The van der Waals surface area contributed by atoms with Crippen molar-refractivity contribution in [3.63, 3.8) is 0 Å². The topological polar surface area (TPSA) is 53.0 Å². The molecule has 0 unspecified atom stereocenters. The SMILES string of the molecule is COc1cc(Cl)cc(C(=O)N2CC[C@@]3(CO)CCCN(C)[C@@H]3C2)c1. The number of hydrogen-bond donors (Lipinski definition) is 1. The number of piperidine rings is 2. The molecule has 24 heavy (non-hydrogen) atoms. The van der Waals surface area contributed by atoms with E-state index in [0.717, 1.165) is 25.8 Å². The lowest BCUT2D eigenvalue weighted by Gasteiger charge is -2.53. The van der Waals surface area contributed by atoms with Crippen molar-refractivity contribution in [1.29, 1.82) is 0 Å². The minimum Gasteiger partial charge on any atom is -0.497 e. The van der Waals surface area contributed by atoms with Gasteiger partial charge in [0.05, 0.1) is 13.7 Å². The number of carbonyl (C=O) groups is 1. The summed E-state index contributed by atoms with van der Waals surface area (Å²) in [5.74, 6) is 0.559. The third kappa shape index (κ3) is 3.13. The molecule has 2 atom stereocenters. The van der Waals surface area contributed by atoms with E-state index in [-0.39, 0.29) is 24.0 Å². The molecule has 132 valence electrons. The van der Waals surface area contributed by atoms with Crippen LogP contribution in [-0.4, -0.2) is 67.3 Å². The Bertz CT molecular complexity index is 624. The van der Waals surface area contributed by atoms with E-state index in [1.54, 1.807) is 25.3 Å². The van der Waals surface area contributed by atoms with Crippen molar-refractivity contribution in [1.82, 2.24) is 9.80 Å². The van der Waals surface area contributed by atoms with Gasteiger partial charge in [-0.3, -0.25) is 4.79 Å². The van der Waals surface area contributed by atoms with Crippen LogP contribution in [-0.2, 0) is 0 Å². The van der Waals surface area contributed by atoms with Gasteiger partial charge in [0, 0.05) is 35.1 Å². The summed E-state index contributed by atoms with van der Waals surface area (Å²) in [6, 6.07) is 5.31. The van der Waals surface area contributed by atoms with Crippen molar-refractivity contribution >= 4 is 17.5 Å². The molecule has 0 saturated carbocycles. The summed E-state index contributed by atoms with van der Waals surface area (Å²) in [6.07, 6.45) is 2.97. The number of aliphatic hydroxyl groups is 1. The molecule has 0 bridgehead atoms. The van der Waals surface area contributed by atoms with Crippen molar-refractivity contribution in [2.45, 2.75) is 25.3 Å². The number of carbonyl (C=O) groups excluding carboxylic acids is 1. The fourth-order valence-corrected chi connectivity index (χ4v) is 4.41. The summed E-state index contributed by atoms with van der Waals surface area (Å²) in [6.45, 7) is 2.51. The Hall–Kier alpha value is -1.30. The highest BCUT2D eigenvalue weighted by Gasteiger charge is 2.47. The second kappa shape index (κ2) is 6.90. The molecule has 3 rings (SSSR count). The van der Waals surface area contributed by atoms with Crippen LogP contribution >= 0.6 is 11.6 Å². The van der Waals surface area contributed by atoms with Crippen LogP contribution in [0.4, 0.5) is 0 Å². The molecule has 0 aromatic heterocycles. The van der Waals surface area contributed by atoms with E-state index < -0.39 is 0 Å². The lowest BCUT2D eigenvalue weighted by Crippen LogP contribution is -2.62. The van der Waals surface area contributed by atoms with Gasteiger partial charge in [-0.25, -0.2) is 0 Å². The first-order valence-electron chi connectivity index (χ1n) is 8.44. The summed E-state index contributed by atoms with van der Waals surface area (Å²) in [5, 5.41) is 10.5. The van der Waals surface area contributed by atoms with E-state index in [1.807, 2.05) is 4.90 Å². The Morgan fingerprint density at radius 2 is 2.17 bits per heavy atom. The molecule has 1 amide bonds. The Kier molecular flexibility index (Phi) is 5.04. The molecule has 1 N–H and O–H groups in total. The highest BCUT2D eigenvalue weighted by atomic mass is 35.5. The second-order valence-corrected chi connectivity index (χ2v) is 7.44. The third-order valence-corrected chi connectivity index (χ3v) is 5.87. The first-order valence-corrected chi connectivity index (χ1v) is 8.82. The molecule has 0 aliphatic carbocycles. The first kappa shape index (κ1) is 17.5. The Morgan fingerprint density at radius 3 is 2.88 bits per heavy atom. The zero-order valence-corrected chi connectivity index (χ0v) is 15.1. The standard InChI is InChI=1S/C18H25ClN2O3/c1-20-6-3-4-18(12-22)5-7-21(11-16(18)20)17(23)13-8-14(19)10-15(9-13)24-2/h8-10,16,22H,3-7,11-12H2,1-2H3/t16-,18-/m1/s1. The van der Waals surface area contributed by atoms with Crippen LogP contribution in [0.5, 0.6) is 5.75 Å². The predicted molar refractivity (Wildman–Crippen MR) is 93.7 cm³/mol. The van der Waals surface area contributed by atoms with Crippen LogP contribution in [0, 0.1) is 5.41 Å². The molecular formula is C18H25ClN2O3. The quantitative estimate of drug-likeness (QED) is 0.906. The fraction of sp³-hybridized carbons (Fsp3) is 0.611. The van der Waals surface area contributed by atoms with Crippen molar-refractivity contribution in [2.24, 2.45) is 5.41 Å². The van der Waals surface area contributed by atoms with Crippen LogP contribution in [0.2, 0.25) is 5.02 Å². The van der Waals surface area contributed by atoms with Gasteiger partial charge in [-0.1, -0.05) is 11.6 Å². The number of likely N-dealkylation sites (tertiary alicyclic amines) is 2. The Labute approximate surface area is 148 Å². The van der Waals surface area contributed by atoms with Gasteiger partial charge in [-0.05, 0) is 51.1 Å². The molecule has 6 heteroatoms. The number of ether oxygens (including phenoxy) is 1. The zero-order valence-electron chi connectivity index (χ0n) is 14.3. The van der Waals surface area contributed by atoms with E-state index >= 15 is 0 Å². The highest BCUT2D eigenvalue weighted by molar-refractivity contribution is 6.31. The van der Waals surface area contributed by atoms with Crippen molar-refractivity contribution in [3.05, 3.63) is 28.8 Å². The van der Waals surface area contributed by atoms with E-state index in [4.69, 9.17) is 16.3 Å². The van der Waals surface area contributed by atoms with Gasteiger partial charge in [-0.2, -0.15) is 0 Å². The normalized spacial score (nSPS) is 27.7. The number of hydrogen-bond acceptors (Lipinski definition) is 4. The molecular weight excluding hydrogens is 328 g/mol. The minimum absolute atomic E-state index is 0.0266. The number of likely N-dealkylation sites (N-methyl/N-ethyl adjacent to an activating group) is 1. The summed E-state index contributed by atoms with van der Waals surface area (Å²) in [4.78, 5) is 17.1. The zero-order chi connectivity index (χ0) is 17.3. The molecule has 0 radical (unpaired) electrons. The molecule has 5 nitrogen and oxygen atoms in total. The van der Waals surface area contributed by atoms with Crippen LogP contribution < -0.4 is 4.74 Å². The van der Waals surface area contributed by atoms with Gasteiger partial charge < -0.3 is 19.6 Å². The molecule has 2 saturated heterocycles. The number of methoxy groups -OCH3 is 1. The van der Waals surface area contributed by atoms with Gasteiger partial charge >= 0.3 is 0 Å². The summed E-state index contributed by atoms with van der Waals surface area (Å²) in [5.41, 5.74) is 0.477. The maximum absolute atomic E-state index is 12.9. The predicted octanol–water partition coefficient (Wildman–Crippen LogP) is 2.27. The van der Waals surface area contributed by atoms with Crippen molar-refractivity contribution in [3.8, 4) is 5.75 Å². The number of aliphatic hydroxyl groups excluding tert-OH is 1. The maximum atomic E-state index is 12.9. The van der Waals surface area contributed by atoms with Gasteiger partial charge in [0.2, 0.25) is 0 Å². The van der Waals surface area contributed by atoms with Gasteiger partial charge in [-0.15, -0.1) is 0 Å². The van der Waals surface area contributed by atoms with Crippen LogP contribution in [0.15, 0.2) is 18.2 Å². The number of amides is 1. The largest absolute Gasteiger partial charge is 0.497 e. The average Bonchev–Trinajstić information content (AvgIpc) is 2.60. The van der Waals surface area contributed by atoms with Gasteiger partial charge in [0.1, 0.15) is 5.75 Å².